The van der Waals surface area contributed by atoms with Gasteiger partial charge in [0.15, 0.2) is 6.10 Å². The van der Waals surface area contributed by atoms with Crippen LogP contribution in [0.3, 0.4) is 0 Å². The Kier molecular flexibility index (Phi) is 34.9. The Morgan fingerprint density at radius 3 is 1.42 bits per heavy atom. The van der Waals surface area contributed by atoms with Crippen LogP contribution in [0.4, 0.5) is 0 Å². The zero-order chi connectivity index (χ0) is 36.8. The van der Waals surface area contributed by atoms with Crippen molar-refractivity contribution in [3.8, 4) is 0 Å². The maximum absolute atomic E-state index is 12.3. The van der Waals surface area contributed by atoms with E-state index >= 15 is 0 Å². The van der Waals surface area contributed by atoms with Gasteiger partial charge in [0, 0.05) is 12.8 Å². The number of carbonyl (C=O) groups is 2. The quantitative estimate of drug-likeness (QED) is 0.0287. The molecule has 0 rings (SSSR count). The second-order valence-corrected chi connectivity index (χ2v) is 14.1. The van der Waals surface area contributed by atoms with Crippen LogP contribution < -0.4 is 0 Å². The summed E-state index contributed by atoms with van der Waals surface area (Å²) in [6.07, 6.45) is 45.2. The number of hydrogen-bond acceptors (Lipinski definition) is 6. The van der Waals surface area contributed by atoms with Crippen LogP contribution in [-0.2, 0) is 28.2 Å². The fraction of sp³-hybridized carbons (Fsp3) is 0.707. The molecule has 50 heavy (non-hydrogen) atoms. The number of ether oxygens (including phenoxy) is 2. The molecule has 0 heterocycles. The molecule has 2 N–H and O–H groups in total. The molecular formula is C41H71O8P. The first-order valence-electron chi connectivity index (χ1n) is 19.6. The zero-order valence-corrected chi connectivity index (χ0v) is 32.4. The van der Waals surface area contributed by atoms with Crippen LogP contribution in [0.1, 0.15) is 168 Å². The average molecular weight is 723 g/mol. The summed E-state index contributed by atoms with van der Waals surface area (Å²) >= 11 is 0. The van der Waals surface area contributed by atoms with Crippen LogP contribution >= 0.6 is 7.82 Å². The smallest absolute Gasteiger partial charge is 0.462 e. The van der Waals surface area contributed by atoms with Gasteiger partial charge in [-0.2, -0.15) is 0 Å². The van der Waals surface area contributed by atoms with E-state index in [-0.39, 0.29) is 19.4 Å². The molecule has 0 radical (unpaired) electrons. The number of phosphoric ester groups is 1. The number of hydrogen-bond donors (Lipinski definition) is 2. The van der Waals surface area contributed by atoms with Crippen molar-refractivity contribution in [3.05, 3.63) is 60.8 Å². The fourth-order valence-corrected chi connectivity index (χ4v) is 5.48. The maximum Gasteiger partial charge on any atom is 0.469 e. The number of esters is 2. The number of unbranched alkanes of at least 4 members (excludes halogenated alkanes) is 15. The molecule has 0 fully saturated rings. The molecule has 1 atom stereocenters. The molecule has 288 valence electrons. The van der Waals surface area contributed by atoms with Gasteiger partial charge >= 0.3 is 19.8 Å². The summed E-state index contributed by atoms with van der Waals surface area (Å²) in [6.45, 7) is 3.58. The van der Waals surface area contributed by atoms with Crippen molar-refractivity contribution in [2.24, 2.45) is 0 Å². The van der Waals surface area contributed by atoms with Gasteiger partial charge in [-0.1, -0.05) is 164 Å². The van der Waals surface area contributed by atoms with Gasteiger partial charge < -0.3 is 19.3 Å². The minimum absolute atomic E-state index is 0.143. The van der Waals surface area contributed by atoms with Crippen molar-refractivity contribution in [1.82, 2.24) is 0 Å². The lowest BCUT2D eigenvalue weighted by Crippen LogP contribution is -2.29. The van der Waals surface area contributed by atoms with E-state index in [4.69, 9.17) is 19.3 Å². The molecule has 0 aliphatic carbocycles. The van der Waals surface area contributed by atoms with Gasteiger partial charge in [0.05, 0.1) is 6.61 Å². The summed E-state index contributed by atoms with van der Waals surface area (Å²) in [5, 5.41) is 0. The van der Waals surface area contributed by atoms with Crippen molar-refractivity contribution in [3.63, 3.8) is 0 Å². The van der Waals surface area contributed by atoms with Gasteiger partial charge in [-0.3, -0.25) is 14.1 Å². The monoisotopic (exact) mass is 722 g/mol. The van der Waals surface area contributed by atoms with Gasteiger partial charge in [-0.25, -0.2) is 4.57 Å². The highest BCUT2D eigenvalue weighted by Gasteiger charge is 2.22. The molecule has 0 aromatic heterocycles. The van der Waals surface area contributed by atoms with Gasteiger partial charge in [0.2, 0.25) is 0 Å². The predicted octanol–water partition coefficient (Wildman–Crippen LogP) is 11.7. The molecule has 0 bridgehead atoms. The molecule has 0 unspecified atom stereocenters. The van der Waals surface area contributed by atoms with Crippen molar-refractivity contribution in [1.29, 1.82) is 0 Å². The summed E-state index contributed by atoms with van der Waals surface area (Å²) in [4.78, 5) is 42.7. The number of rotatable bonds is 35. The van der Waals surface area contributed by atoms with E-state index in [0.717, 1.165) is 44.9 Å². The van der Waals surface area contributed by atoms with Gasteiger partial charge in [0.25, 0.3) is 0 Å². The van der Waals surface area contributed by atoms with E-state index in [1.807, 2.05) is 12.2 Å². The second-order valence-electron chi connectivity index (χ2n) is 12.9. The van der Waals surface area contributed by atoms with Crippen molar-refractivity contribution < 1.29 is 37.9 Å². The first kappa shape index (κ1) is 47.8. The van der Waals surface area contributed by atoms with E-state index in [1.165, 1.54) is 83.5 Å². The van der Waals surface area contributed by atoms with Crippen LogP contribution in [0.15, 0.2) is 60.8 Å². The Bertz CT molecular complexity index is 995. The van der Waals surface area contributed by atoms with Crippen molar-refractivity contribution in [2.75, 3.05) is 13.2 Å². The second kappa shape index (κ2) is 36.5. The minimum Gasteiger partial charge on any atom is -0.462 e. The van der Waals surface area contributed by atoms with Crippen molar-refractivity contribution >= 4 is 19.8 Å². The molecule has 0 amide bonds. The molecule has 0 spiro atoms. The summed E-state index contributed by atoms with van der Waals surface area (Å²) in [5.74, 6) is -0.982. The highest BCUT2D eigenvalue weighted by Crippen LogP contribution is 2.36. The lowest BCUT2D eigenvalue weighted by atomic mass is 10.0. The molecule has 8 nitrogen and oxygen atoms in total. The number of phosphoric acid groups is 1. The van der Waals surface area contributed by atoms with Gasteiger partial charge in [-0.15, -0.1) is 0 Å². The normalized spacial score (nSPS) is 13.1. The number of allylic oxidation sites excluding steroid dienone is 10. The minimum atomic E-state index is -4.77. The van der Waals surface area contributed by atoms with Crippen LogP contribution in [0.2, 0.25) is 0 Å². The predicted molar refractivity (Wildman–Crippen MR) is 207 cm³/mol. The Hall–Kier alpha value is -2.25. The van der Waals surface area contributed by atoms with E-state index in [2.05, 4.69) is 67.0 Å². The van der Waals surface area contributed by atoms with E-state index in [9.17, 15) is 14.2 Å². The van der Waals surface area contributed by atoms with E-state index in [1.54, 1.807) is 0 Å². The Morgan fingerprint density at radius 1 is 0.520 bits per heavy atom. The molecule has 0 aliphatic rings. The third-order valence-corrected chi connectivity index (χ3v) is 8.54. The summed E-state index contributed by atoms with van der Waals surface area (Å²) in [7, 11) is -4.77. The molecule has 0 aromatic rings. The summed E-state index contributed by atoms with van der Waals surface area (Å²) in [5.41, 5.74) is 0. The SMILES string of the molecule is CCCCC/C=C/C/C=C/C/C=C/C/C=C/C/C=C/CCC(=O)OC[C@H](COP(=O)(O)O)OC(=O)CCCCCCCCCCCCCCC. The van der Waals surface area contributed by atoms with Crippen LogP contribution in [0.25, 0.3) is 0 Å². The highest BCUT2D eigenvalue weighted by molar-refractivity contribution is 7.46. The summed E-state index contributed by atoms with van der Waals surface area (Å²) in [6, 6.07) is 0. The van der Waals surface area contributed by atoms with Crippen LogP contribution in [0.5, 0.6) is 0 Å². The third-order valence-electron chi connectivity index (χ3n) is 8.05. The maximum atomic E-state index is 12.3. The first-order valence-corrected chi connectivity index (χ1v) is 21.1. The van der Waals surface area contributed by atoms with Gasteiger partial charge in [-0.05, 0) is 51.4 Å². The fourth-order valence-electron chi connectivity index (χ4n) is 5.12. The molecular weight excluding hydrogens is 651 g/mol. The number of carbonyl (C=O) groups excluding carboxylic acids is 2. The Labute approximate surface area is 305 Å². The lowest BCUT2D eigenvalue weighted by Gasteiger charge is -2.18. The lowest BCUT2D eigenvalue weighted by molar-refractivity contribution is -0.161. The zero-order valence-electron chi connectivity index (χ0n) is 31.5. The van der Waals surface area contributed by atoms with Crippen molar-refractivity contribution in [2.45, 2.75) is 174 Å². The standard InChI is InChI=1S/C41H71O8P/c1-3-5-7-9-11-13-15-17-18-19-20-21-22-24-25-27-29-31-33-35-40(42)47-37-39(38-48-50(44,45)46)49-41(43)36-34-32-30-28-26-23-16-14-12-10-8-6-4-2/h11,13,17-18,20-21,24-25,29,31,39H,3-10,12,14-16,19,22-23,26-28,30,32-38H2,1-2H3,(H2,44,45,46)/b13-11+,18-17+,21-20+,25-24+,31-29+/t39-/m1/s1. The van der Waals surface area contributed by atoms with Gasteiger partial charge in [0.1, 0.15) is 6.61 Å². The average Bonchev–Trinajstić information content (AvgIpc) is 3.08. The Balaban J connectivity index is 4.08. The molecule has 0 aromatic carbocycles. The van der Waals surface area contributed by atoms with Crippen LogP contribution in [0, 0.1) is 0 Å². The Morgan fingerprint density at radius 2 is 0.940 bits per heavy atom. The molecule has 9 heteroatoms. The van der Waals surface area contributed by atoms with E-state index in [0.29, 0.717) is 12.8 Å². The largest absolute Gasteiger partial charge is 0.469 e. The topological polar surface area (TPSA) is 119 Å². The third kappa shape index (κ3) is 38.6. The molecule has 0 saturated heterocycles. The first-order chi connectivity index (χ1) is 24.3. The summed E-state index contributed by atoms with van der Waals surface area (Å²) < 4.78 is 26.2. The van der Waals surface area contributed by atoms with Crippen LogP contribution in [-0.4, -0.2) is 41.0 Å². The molecule has 0 saturated carbocycles. The molecule has 0 aliphatic heterocycles. The highest BCUT2D eigenvalue weighted by atomic mass is 31.2. The van der Waals surface area contributed by atoms with E-state index < -0.39 is 32.5 Å².